The van der Waals surface area contributed by atoms with Gasteiger partial charge in [0.25, 0.3) is 0 Å². The minimum atomic E-state index is -4.68. The van der Waals surface area contributed by atoms with Crippen LogP contribution in [-0.2, 0) is 12.6 Å². The molecule has 31 heavy (non-hydrogen) atoms. The van der Waals surface area contributed by atoms with Crippen LogP contribution in [0.25, 0.3) is 11.4 Å². The molecule has 0 N–H and O–H groups in total. The van der Waals surface area contributed by atoms with E-state index in [1.165, 1.54) is 19.3 Å². The van der Waals surface area contributed by atoms with Gasteiger partial charge in [-0.2, -0.15) is 23.1 Å². The van der Waals surface area contributed by atoms with Crippen LogP contribution in [0.4, 0.5) is 13.2 Å². The molecule has 1 fully saturated rings. The topological polar surface area (TPSA) is 87.1 Å². The van der Waals surface area contributed by atoms with Crippen molar-refractivity contribution in [3.63, 3.8) is 0 Å². The number of aryl methyl sites for hydroxylation is 2. The van der Waals surface area contributed by atoms with Crippen molar-refractivity contribution in [3.05, 3.63) is 40.9 Å². The van der Waals surface area contributed by atoms with Crippen molar-refractivity contribution in [3.8, 4) is 17.1 Å². The van der Waals surface area contributed by atoms with E-state index in [1.807, 2.05) is 13.8 Å². The van der Waals surface area contributed by atoms with Gasteiger partial charge in [0.2, 0.25) is 11.7 Å². The maximum absolute atomic E-state index is 12.7. The molecule has 0 radical (unpaired) electrons. The number of benzene rings is 1. The molecule has 0 bridgehead atoms. The van der Waals surface area contributed by atoms with E-state index in [-0.39, 0.29) is 5.82 Å². The van der Waals surface area contributed by atoms with Crippen LogP contribution in [0.5, 0.6) is 5.75 Å². The molecule has 2 aromatic heterocycles. The van der Waals surface area contributed by atoms with Gasteiger partial charge in [-0.05, 0) is 49.9 Å². The SMILES string of the molecule is Cc1cc(-c2noc(C(F)(F)F)n2)cc(C)c1OCCc1nc(C2CCCCC2)no1. The molecule has 10 heteroatoms. The Balaban J connectivity index is 1.39. The van der Waals surface area contributed by atoms with Crippen molar-refractivity contribution in [2.24, 2.45) is 0 Å². The van der Waals surface area contributed by atoms with E-state index < -0.39 is 12.1 Å². The third-order valence-electron chi connectivity index (χ3n) is 5.40. The summed E-state index contributed by atoms with van der Waals surface area (Å²) in [6.45, 7) is 3.96. The van der Waals surface area contributed by atoms with Gasteiger partial charge in [-0.25, -0.2) is 0 Å². The Bertz CT molecular complexity index is 1020. The molecule has 0 amide bonds. The number of alkyl halides is 3. The third kappa shape index (κ3) is 4.88. The fourth-order valence-corrected chi connectivity index (χ4v) is 3.90. The van der Waals surface area contributed by atoms with Crippen LogP contribution in [0.3, 0.4) is 0 Å². The van der Waals surface area contributed by atoms with Crippen molar-refractivity contribution >= 4 is 0 Å². The van der Waals surface area contributed by atoms with Crippen molar-refractivity contribution in [1.29, 1.82) is 0 Å². The molecule has 1 saturated carbocycles. The first kappa shape index (κ1) is 21.3. The van der Waals surface area contributed by atoms with Gasteiger partial charge in [0.1, 0.15) is 5.75 Å². The monoisotopic (exact) mass is 436 g/mol. The fourth-order valence-electron chi connectivity index (χ4n) is 3.90. The molecule has 2 heterocycles. The minimum Gasteiger partial charge on any atom is -0.493 e. The summed E-state index contributed by atoms with van der Waals surface area (Å²) < 4.78 is 53.7. The van der Waals surface area contributed by atoms with Crippen LogP contribution in [0.1, 0.15) is 66.8 Å². The lowest BCUT2D eigenvalue weighted by molar-refractivity contribution is -0.159. The summed E-state index contributed by atoms with van der Waals surface area (Å²) in [5.74, 6) is 0.864. The third-order valence-corrected chi connectivity index (χ3v) is 5.40. The molecule has 7 nitrogen and oxygen atoms in total. The van der Waals surface area contributed by atoms with E-state index in [2.05, 4.69) is 24.8 Å². The standard InChI is InChI=1S/C21H23F3N4O3/c1-12-10-15(19-26-20(31-28-19)21(22,23)24)11-13(2)17(12)29-9-8-16-25-18(27-30-16)14-6-4-3-5-7-14/h10-11,14H,3-9H2,1-2H3. The van der Waals surface area contributed by atoms with Gasteiger partial charge < -0.3 is 13.8 Å². The molecule has 166 valence electrons. The first-order chi connectivity index (χ1) is 14.8. The average Bonchev–Trinajstić information content (AvgIpc) is 3.40. The van der Waals surface area contributed by atoms with Crippen LogP contribution in [0.2, 0.25) is 0 Å². The highest BCUT2D eigenvalue weighted by atomic mass is 19.4. The number of hydrogen-bond acceptors (Lipinski definition) is 7. The predicted molar refractivity (Wildman–Crippen MR) is 104 cm³/mol. The number of halogens is 3. The molecule has 0 spiro atoms. The van der Waals surface area contributed by atoms with Crippen LogP contribution in [-0.4, -0.2) is 26.9 Å². The smallest absolute Gasteiger partial charge is 0.471 e. The van der Waals surface area contributed by atoms with E-state index >= 15 is 0 Å². The van der Waals surface area contributed by atoms with Gasteiger partial charge in [-0.3, -0.25) is 0 Å². The molecule has 1 aliphatic rings. The van der Waals surface area contributed by atoms with Crippen LogP contribution in [0.15, 0.2) is 21.2 Å². The zero-order valence-corrected chi connectivity index (χ0v) is 17.3. The average molecular weight is 436 g/mol. The molecule has 1 aromatic carbocycles. The second-order valence-electron chi connectivity index (χ2n) is 7.84. The predicted octanol–water partition coefficient (Wildman–Crippen LogP) is 5.42. The molecule has 0 saturated heterocycles. The summed E-state index contributed by atoms with van der Waals surface area (Å²) in [6.07, 6.45) is 1.67. The van der Waals surface area contributed by atoms with Crippen LogP contribution < -0.4 is 4.74 Å². The van der Waals surface area contributed by atoms with Crippen molar-refractivity contribution in [2.45, 2.75) is 64.5 Å². The highest BCUT2D eigenvalue weighted by Gasteiger charge is 2.38. The Morgan fingerprint density at radius 1 is 1.00 bits per heavy atom. The summed E-state index contributed by atoms with van der Waals surface area (Å²) in [5, 5.41) is 7.55. The van der Waals surface area contributed by atoms with Gasteiger partial charge in [-0.1, -0.05) is 29.6 Å². The minimum absolute atomic E-state index is 0.119. The maximum Gasteiger partial charge on any atom is 0.471 e. The summed E-state index contributed by atoms with van der Waals surface area (Å²) in [6, 6.07) is 3.34. The van der Waals surface area contributed by atoms with E-state index in [1.54, 1.807) is 12.1 Å². The molecule has 1 aliphatic carbocycles. The maximum atomic E-state index is 12.7. The van der Waals surface area contributed by atoms with Gasteiger partial charge in [0, 0.05) is 11.5 Å². The first-order valence-corrected chi connectivity index (χ1v) is 10.3. The van der Waals surface area contributed by atoms with Crippen LogP contribution in [0, 0.1) is 13.8 Å². The lowest BCUT2D eigenvalue weighted by Gasteiger charge is -2.17. The zero-order chi connectivity index (χ0) is 22.0. The highest BCUT2D eigenvalue weighted by Crippen LogP contribution is 2.33. The lowest BCUT2D eigenvalue weighted by Crippen LogP contribution is -2.07. The lowest BCUT2D eigenvalue weighted by atomic mass is 9.89. The molecular weight excluding hydrogens is 413 g/mol. The van der Waals surface area contributed by atoms with Gasteiger partial charge in [-0.15, -0.1) is 0 Å². The van der Waals surface area contributed by atoms with Gasteiger partial charge >= 0.3 is 12.1 Å². The second-order valence-corrected chi connectivity index (χ2v) is 7.84. The Kier molecular flexibility index (Phi) is 5.97. The molecular formula is C21H23F3N4O3. The van der Waals surface area contributed by atoms with Crippen molar-refractivity contribution in [1.82, 2.24) is 20.3 Å². The summed E-state index contributed by atoms with van der Waals surface area (Å²) in [7, 11) is 0. The zero-order valence-electron chi connectivity index (χ0n) is 17.3. The van der Waals surface area contributed by atoms with E-state index in [0.717, 1.165) is 29.8 Å². The highest BCUT2D eigenvalue weighted by molar-refractivity contribution is 5.61. The summed E-state index contributed by atoms with van der Waals surface area (Å²) in [5.41, 5.74) is 1.93. The van der Waals surface area contributed by atoms with Gasteiger partial charge in [0.15, 0.2) is 5.82 Å². The van der Waals surface area contributed by atoms with E-state index in [0.29, 0.717) is 36.1 Å². The Morgan fingerprint density at radius 3 is 2.35 bits per heavy atom. The van der Waals surface area contributed by atoms with E-state index in [4.69, 9.17) is 9.26 Å². The summed E-state index contributed by atoms with van der Waals surface area (Å²) >= 11 is 0. The number of nitrogens with zero attached hydrogens (tertiary/aromatic N) is 4. The fraction of sp³-hybridized carbons (Fsp3) is 0.524. The molecule has 4 rings (SSSR count). The molecule has 0 unspecified atom stereocenters. The number of rotatable bonds is 6. The van der Waals surface area contributed by atoms with Crippen molar-refractivity contribution < 1.29 is 27.0 Å². The molecule has 0 aliphatic heterocycles. The Hall–Kier alpha value is -2.91. The largest absolute Gasteiger partial charge is 0.493 e. The number of hydrogen-bond donors (Lipinski definition) is 0. The quantitative estimate of drug-likeness (QED) is 0.509. The summed E-state index contributed by atoms with van der Waals surface area (Å²) in [4.78, 5) is 7.94. The normalized spacial score (nSPS) is 15.4. The Morgan fingerprint density at radius 2 is 1.71 bits per heavy atom. The van der Waals surface area contributed by atoms with Gasteiger partial charge in [0.05, 0.1) is 13.0 Å². The van der Waals surface area contributed by atoms with E-state index in [9.17, 15) is 13.2 Å². The Labute approximate surface area is 177 Å². The molecule has 3 aromatic rings. The first-order valence-electron chi connectivity index (χ1n) is 10.3. The van der Waals surface area contributed by atoms with Crippen molar-refractivity contribution in [2.75, 3.05) is 6.61 Å². The van der Waals surface area contributed by atoms with Crippen LogP contribution >= 0.6 is 0 Å². The molecule has 0 atom stereocenters. The number of ether oxygens (including phenoxy) is 1. The number of aromatic nitrogens is 4. The second kappa shape index (κ2) is 8.68.